The maximum absolute atomic E-state index is 12.0. The van der Waals surface area contributed by atoms with Crippen LogP contribution in [-0.4, -0.2) is 18.8 Å². The zero-order valence-corrected chi connectivity index (χ0v) is 13.3. The molecule has 2 aromatic carbocycles. The standard InChI is InChI=1S/C17H19NO2S/c1-12-7-8-16(13(2)9-12)18-17(19)11-21-15-6-4-5-14(10-15)20-3/h4-10H,11H2,1-3H3,(H,18,19). The van der Waals surface area contributed by atoms with Gasteiger partial charge in [0.2, 0.25) is 5.91 Å². The number of benzene rings is 2. The van der Waals surface area contributed by atoms with Gasteiger partial charge in [0.05, 0.1) is 12.9 Å². The van der Waals surface area contributed by atoms with Gasteiger partial charge in [0.1, 0.15) is 5.75 Å². The predicted octanol–water partition coefficient (Wildman–Crippen LogP) is 4.04. The fourth-order valence-electron chi connectivity index (χ4n) is 1.98. The fourth-order valence-corrected chi connectivity index (χ4v) is 2.72. The van der Waals surface area contributed by atoms with Crippen LogP contribution in [0.3, 0.4) is 0 Å². The van der Waals surface area contributed by atoms with Crippen LogP contribution in [0.4, 0.5) is 5.69 Å². The molecule has 0 aliphatic carbocycles. The second-order valence-corrected chi connectivity index (χ2v) is 5.88. The molecule has 0 fully saturated rings. The number of rotatable bonds is 5. The zero-order chi connectivity index (χ0) is 15.2. The SMILES string of the molecule is COc1cccc(SCC(=O)Nc2ccc(C)cc2C)c1. The normalized spacial score (nSPS) is 10.2. The Morgan fingerprint density at radius 3 is 2.71 bits per heavy atom. The van der Waals surface area contributed by atoms with Gasteiger partial charge in [0, 0.05) is 10.6 Å². The summed E-state index contributed by atoms with van der Waals surface area (Å²) in [7, 11) is 1.64. The number of anilines is 1. The van der Waals surface area contributed by atoms with E-state index in [1.165, 1.54) is 17.3 Å². The molecule has 4 heteroatoms. The molecular formula is C17H19NO2S. The second kappa shape index (κ2) is 7.18. The Bertz CT molecular complexity index is 640. The van der Waals surface area contributed by atoms with E-state index in [1.54, 1.807) is 7.11 Å². The number of methoxy groups -OCH3 is 1. The summed E-state index contributed by atoms with van der Waals surface area (Å²) < 4.78 is 5.17. The fraction of sp³-hybridized carbons (Fsp3) is 0.235. The van der Waals surface area contributed by atoms with Gasteiger partial charge in [-0.3, -0.25) is 4.79 Å². The third-order valence-electron chi connectivity index (χ3n) is 3.07. The monoisotopic (exact) mass is 301 g/mol. The average molecular weight is 301 g/mol. The lowest BCUT2D eigenvalue weighted by molar-refractivity contribution is -0.113. The van der Waals surface area contributed by atoms with Crippen LogP contribution in [0.2, 0.25) is 0 Å². The van der Waals surface area contributed by atoms with Crippen LogP contribution in [0.1, 0.15) is 11.1 Å². The van der Waals surface area contributed by atoms with E-state index in [9.17, 15) is 4.79 Å². The largest absolute Gasteiger partial charge is 0.497 e. The molecule has 0 saturated carbocycles. The molecular weight excluding hydrogens is 282 g/mol. The highest BCUT2D eigenvalue weighted by Gasteiger charge is 2.06. The van der Waals surface area contributed by atoms with Gasteiger partial charge in [-0.1, -0.05) is 23.8 Å². The average Bonchev–Trinajstić information content (AvgIpc) is 2.48. The lowest BCUT2D eigenvalue weighted by Crippen LogP contribution is -2.14. The van der Waals surface area contributed by atoms with Gasteiger partial charge in [-0.05, 0) is 43.7 Å². The van der Waals surface area contributed by atoms with Crippen LogP contribution in [-0.2, 0) is 4.79 Å². The van der Waals surface area contributed by atoms with E-state index in [-0.39, 0.29) is 5.91 Å². The summed E-state index contributed by atoms with van der Waals surface area (Å²) >= 11 is 1.49. The van der Waals surface area contributed by atoms with E-state index in [0.29, 0.717) is 5.75 Å². The third kappa shape index (κ3) is 4.53. The zero-order valence-electron chi connectivity index (χ0n) is 12.5. The Morgan fingerprint density at radius 1 is 1.19 bits per heavy atom. The summed E-state index contributed by atoms with van der Waals surface area (Å²) in [6.45, 7) is 4.04. The van der Waals surface area contributed by atoms with Crippen LogP contribution in [0.15, 0.2) is 47.4 Å². The highest BCUT2D eigenvalue weighted by Crippen LogP contribution is 2.23. The van der Waals surface area contributed by atoms with Crippen molar-refractivity contribution >= 4 is 23.4 Å². The van der Waals surface area contributed by atoms with Crippen molar-refractivity contribution in [2.75, 3.05) is 18.2 Å². The van der Waals surface area contributed by atoms with Gasteiger partial charge >= 0.3 is 0 Å². The molecule has 3 nitrogen and oxygen atoms in total. The van der Waals surface area contributed by atoms with Crippen LogP contribution in [0.25, 0.3) is 0 Å². The maximum Gasteiger partial charge on any atom is 0.234 e. The van der Waals surface area contributed by atoms with Gasteiger partial charge in [-0.15, -0.1) is 11.8 Å². The quantitative estimate of drug-likeness (QED) is 0.847. The lowest BCUT2D eigenvalue weighted by atomic mass is 10.1. The molecule has 1 N–H and O–H groups in total. The van der Waals surface area contributed by atoms with Crippen molar-refractivity contribution in [1.29, 1.82) is 0 Å². The van der Waals surface area contributed by atoms with Crippen LogP contribution in [0, 0.1) is 13.8 Å². The summed E-state index contributed by atoms with van der Waals surface area (Å²) in [5, 5.41) is 2.95. The minimum Gasteiger partial charge on any atom is -0.497 e. The first-order chi connectivity index (χ1) is 10.1. The van der Waals surface area contributed by atoms with Crippen molar-refractivity contribution in [2.24, 2.45) is 0 Å². The van der Waals surface area contributed by atoms with E-state index >= 15 is 0 Å². The molecule has 0 bridgehead atoms. The second-order valence-electron chi connectivity index (χ2n) is 4.83. The number of hydrogen-bond donors (Lipinski definition) is 1. The van der Waals surface area contributed by atoms with E-state index in [1.807, 2.05) is 50.2 Å². The van der Waals surface area contributed by atoms with E-state index in [4.69, 9.17) is 4.74 Å². The number of carbonyl (C=O) groups is 1. The minimum absolute atomic E-state index is 0.00484. The number of ether oxygens (including phenoxy) is 1. The molecule has 0 aliphatic rings. The molecule has 0 unspecified atom stereocenters. The molecule has 2 aromatic rings. The number of aryl methyl sites for hydroxylation is 2. The first-order valence-corrected chi connectivity index (χ1v) is 7.71. The summed E-state index contributed by atoms with van der Waals surface area (Å²) in [4.78, 5) is 13.0. The van der Waals surface area contributed by atoms with Crippen LogP contribution < -0.4 is 10.1 Å². The van der Waals surface area contributed by atoms with Crippen LogP contribution in [0.5, 0.6) is 5.75 Å². The number of amides is 1. The topological polar surface area (TPSA) is 38.3 Å². The number of nitrogens with one attached hydrogen (secondary N) is 1. The first-order valence-electron chi connectivity index (χ1n) is 6.72. The van der Waals surface area contributed by atoms with Crippen molar-refractivity contribution in [1.82, 2.24) is 0 Å². The van der Waals surface area contributed by atoms with Crippen LogP contribution >= 0.6 is 11.8 Å². The molecule has 2 rings (SSSR count). The number of thioether (sulfide) groups is 1. The third-order valence-corrected chi connectivity index (χ3v) is 4.06. The molecule has 0 atom stereocenters. The Labute approximate surface area is 129 Å². The molecule has 0 radical (unpaired) electrons. The predicted molar refractivity (Wildman–Crippen MR) is 88.3 cm³/mol. The van der Waals surface area contributed by atoms with Crippen molar-refractivity contribution < 1.29 is 9.53 Å². The molecule has 0 spiro atoms. The van der Waals surface area contributed by atoms with Crippen molar-refractivity contribution in [3.8, 4) is 5.75 Å². The molecule has 110 valence electrons. The summed E-state index contributed by atoms with van der Waals surface area (Å²) in [6, 6.07) is 13.7. The van der Waals surface area contributed by atoms with Gasteiger partial charge in [-0.25, -0.2) is 0 Å². The lowest BCUT2D eigenvalue weighted by Gasteiger charge is -2.09. The number of carbonyl (C=O) groups excluding carboxylic acids is 1. The molecule has 1 amide bonds. The summed E-state index contributed by atoms with van der Waals surface area (Å²) in [5.41, 5.74) is 3.14. The van der Waals surface area contributed by atoms with E-state index in [2.05, 4.69) is 11.4 Å². The smallest absolute Gasteiger partial charge is 0.234 e. The Hall–Kier alpha value is -1.94. The molecule has 0 aromatic heterocycles. The van der Waals surface area contributed by atoms with Crippen molar-refractivity contribution in [2.45, 2.75) is 18.7 Å². The minimum atomic E-state index is -0.00484. The van der Waals surface area contributed by atoms with E-state index in [0.717, 1.165) is 21.9 Å². The van der Waals surface area contributed by atoms with Crippen molar-refractivity contribution in [3.05, 3.63) is 53.6 Å². The first kappa shape index (κ1) is 15.4. The Balaban J connectivity index is 1.92. The molecule has 0 heterocycles. The highest BCUT2D eigenvalue weighted by atomic mass is 32.2. The van der Waals surface area contributed by atoms with E-state index < -0.39 is 0 Å². The molecule has 21 heavy (non-hydrogen) atoms. The van der Waals surface area contributed by atoms with Gasteiger partial charge in [0.15, 0.2) is 0 Å². The number of hydrogen-bond acceptors (Lipinski definition) is 3. The Morgan fingerprint density at radius 2 is 2.00 bits per heavy atom. The summed E-state index contributed by atoms with van der Waals surface area (Å²) in [6.07, 6.45) is 0. The maximum atomic E-state index is 12.0. The highest BCUT2D eigenvalue weighted by molar-refractivity contribution is 8.00. The van der Waals surface area contributed by atoms with Gasteiger partial charge < -0.3 is 10.1 Å². The van der Waals surface area contributed by atoms with Gasteiger partial charge in [-0.2, -0.15) is 0 Å². The summed E-state index contributed by atoms with van der Waals surface area (Å²) in [5.74, 6) is 1.17. The molecule has 0 aliphatic heterocycles. The Kier molecular flexibility index (Phi) is 5.28. The molecule has 0 saturated heterocycles. The van der Waals surface area contributed by atoms with Gasteiger partial charge in [0.25, 0.3) is 0 Å². The van der Waals surface area contributed by atoms with Crippen molar-refractivity contribution in [3.63, 3.8) is 0 Å².